The number of carbonyl (C=O) groups excluding carboxylic acids is 1. The average molecular weight is 355 g/mol. The van der Waals surface area contributed by atoms with Crippen LogP contribution in [0.3, 0.4) is 0 Å². The molecular formula is C16H16Cl2N2O3. The van der Waals surface area contributed by atoms with Gasteiger partial charge in [-0.3, -0.25) is 4.79 Å². The molecule has 5 nitrogen and oxygen atoms in total. The molecule has 1 aromatic carbocycles. The number of benzene rings is 1. The van der Waals surface area contributed by atoms with Gasteiger partial charge in [0.15, 0.2) is 0 Å². The van der Waals surface area contributed by atoms with Gasteiger partial charge in [0.05, 0.1) is 17.9 Å². The third-order valence-electron chi connectivity index (χ3n) is 2.93. The molecule has 0 fully saturated rings. The number of hydrogen-bond acceptors (Lipinski definition) is 4. The summed E-state index contributed by atoms with van der Waals surface area (Å²) < 4.78 is 10.7. The molecule has 0 saturated heterocycles. The molecule has 0 bridgehead atoms. The Hall–Kier alpha value is -1.98. The molecule has 2 aromatic rings. The molecule has 1 aromatic heterocycles. The van der Waals surface area contributed by atoms with Crippen LogP contribution in [0.2, 0.25) is 10.0 Å². The SMILES string of the molecule is C/C(=N/NC(=O)CCCOc1ccc(Cl)cc1Cl)c1ccco1. The highest BCUT2D eigenvalue weighted by Gasteiger charge is 2.05. The molecule has 0 aliphatic rings. The van der Waals surface area contributed by atoms with E-state index in [0.29, 0.717) is 46.7 Å². The predicted molar refractivity (Wildman–Crippen MR) is 90.3 cm³/mol. The first-order valence-electron chi connectivity index (χ1n) is 7.01. The van der Waals surface area contributed by atoms with E-state index in [4.69, 9.17) is 32.4 Å². The fourth-order valence-electron chi connectivity index (χ4n) is 1.75. The van der Waals surface area contributed by atoms with Gasteiger partial charge in [-0.15, -0.1) is 0 Å². The molecule has 0 aliphatic heterocycles. The van der Waals surface area contributed by atoms with Gasteiger partial charge in [0, 0.05) is 11.4 Å². The molecule has 7 heteroatoms. The van der Waals surface area contributed by atoms with E-state index in [-0.39, 0.29) is 5.91 Å². The van der Waals surface area contributed by atoms with Gasteiger partial charge in [-0.2, -0.15) is 5.10 Å². The zero-order valence-electron chi connectivity index (χ0n) is 12.5. The maximum Gasteiger partial charge on any atom is 0.240 e. The maximum atomic E-state index is 11.7. The van der Waals surface area contributed by atoms with Crippen molar-refractivity contribution in [2.45, 2.75) is 19.8 Å². The highest BCUT2D eigenvalue weighted by Crippen LogP contribution is 2.27. The van der Waals surface area contributed by atoms with E-state index in [0.717, 1.165) is 0 Å². The van der Waals surface area contributed by atoms with E-state index < -0.39 is 0 Å². The van der Waals surface area contributed by atoms with Crippen LogP contribution in [0.5, 0.6) is 5.75 Å². The highest BCUT2D eigenvalue weighted by atomic mass is 35.5. The van der Waals surface area contributed by atoms with Gasteiger partial charge in [-0.25, -0.2) is 5.43 Å². The lowest BCUT2D eigenvalue weighted by Crippen LogP contribution is -2.19. The van der Waals surface area contributed by atoms with Crippen molar-refractivity contribution in [2.75, 3.05) is 6.61 Å². The van der Waals surface area contributed by atoms with E-state index in [9.17, 15) is 4.79 Å². The molecule has 0 unspecified atom stereocenters. The largest absolute Gasteiger partial charge is 0.492 e. The summed E-state index contributed by atoms with van der Waals surface area (Å²) in [5.74, 6) is 0.968. The van der Waals surface area contributed by atoms with Gasteiger partial charge in [0.2, 0.25) is 5.91 Å². The average Bonchev–Trinajstić information content (AvgIpc) is 3.05. The van der Waals surface area contributed by atoms with E-state index in [1.165, 1.54) is 0 Å². The number of carbonyl (C=O) groups is 1. The second-order valence-electron chi connectivity index (χ2n) is 4.74. The molecule has 0 radical (unpaired) electrons. The summed E-state index contributed by atoms with van der Waals surface area (Å²) in [6.07, 6.45) is 2.38. The minimum absolute atomic E-state index is 0.193. The van der Waals surface area contributed by atoms with Crippen molar-refractivity contribution in [1.82, 2.24) is 5.43 Å². The summed E-state index contributed by atoms with van der Waals surface area (Å²) in [5, 5.41) is 4.97. The number of halogens is 2. The molecule has 2 rings (SSSR count). The van der Waals surface area contributed by atoms with Gasteiger partial charge in [-0.05, 0) is 43.7 Å². The number of nitrogens with one attached hydrogen (secondary N) is 1. The lowest BCUT2D eigenvalue weighted by atomic mass is 10.3. The minimum atomic E-state index is -0.193. The Morgan fingerprint density at radius 1 is 1.35 bits per heavy atom. The van der Waals surface area contributed by atoms with Crippen molar-refractivity contribution in [3.63, 3.8) is 0 Å². The monoisotopic (exact) mass is 354 g/mol. The van der Waals surface area contributed by atoms with Gasteiger partial charge in [0.1, 0.15) is 17.2 Å². The van der Waals surface area contributed by atoms with Crippen LogP contribution in [0.25, 0.3) is 0 Å². The first kappa shape index (κ1) is 17.4. The van der Waals surface area contributed by atoms with Crippen LogP contribution in [0.15, 0.2) is 46.1 Å². The summed E-state index contributed by atoms with van der Waals surface area (Å²) in [6.45, 7) is 2.13. The molecule has 1 heterocycles. The Bertz CT molecular complexity index is 685. The number of ether oxygens (including phenoxy) is 1. The summed E-state index contributed by atoms with van der Waals surface area (Å²) >= 11 is 11.8. The van der Waals surface area contributed by atoms with Crippen molar-refractivity contribution >= 4 is 34.8 Å². The minimum Gasteiger partial charge on any atom is -0.492 e. The molecule has 0 spiro atoms. The Balaban J connectivity index is 1.70. The number of nitrogens with zero attached hydrogens (tertiary/aromatic N) is 1. The Morgan fingerprint density at radius 3 is 2.87 bits per heavy atom. The van der Waals surface area contributed by atoms with Gasteiger partial charge >= 0.3 is 0 Å². The van der Waals surface area contributed by atoms with Crippen LogP contribution in [-0.2, 0) is 4.79 Å². The number of hydrogen-bond donors (Lipinski definition) is 1. The normalized spacial score (nSPS) is 11.3. The first-order valence-corrected chi connectivity index (χ1v) is 7.76. The van der Waals surface area contributed by atoms with Crippen LogP contribution in [0.1, 0.15) is 25.5 Å². The number of furan rings is 1. The quantitative estimate of drug-likeness (QED) is 0.458. The summed E-state index contributed by atoms with van der Waals surface area (Å²) in [7, 11) is 0. The zero-order valence-corrected chi connectivity index (χ0v) is 14.0. The van der Waals surface area contributed by atoms with Crippen molar-refractivity contribution in [3.8, 4) is 5.75 Å². The van der Waals surface area contributed by atoms with Crippen LogP contribution in [-0.4, -0.2) is 18.2 Å². The molecule has 1 N–H and O–H groups in total. The second kappa shape index (κ2) is 8.60. The van der Waals surface area contributed by atoms with Gasteiger partial charge in [-0.1, -0.05) is 23.2 Å². The summed E-state index contributed by atoms with van der Waals surface area (Å²) in [5.41, 5.74) is 3.08. The van der Waals surface area contributed by atoms with Crippen molar-refractivity contribution < 1.29 is 13.9 Å². The predicted octanol–water partition coefficient (Wildman–Crippen LogP) is 4.29. The molecule has 0 atom stereocenters. The van der Waals surface area contributed by atoms with Gasteiger partial charge < -0.3 is 9.15 Å². The maximum absolute atomic E-state index is 11.7. The Morgan fingerprint density at radius 2 is 2.17 bits per heavy atom. The molecule has 0 saturated carbocycles. The number of rotatable bonds is 7. The lowest BCUT2D eigenvalue weighted by molar-refractivity contribution is -0.121. The lowest BCUT2D eigenvalue weighted by Gasteiger charge is -2.07. The van der Waals surface area contributed by atoms with Crippen LogP contribution < -0.4 is 10.2 Å². The van der Waals surface area contributed by atoms with Crippen molar-refractivity contribution in [3.05, 3.63) is 52.4 Å². The third kappa shape index (κ3) is 5.62. The fraction of sp³-hybridized carbons (Fsp3) is 0.250. The summed E-state index contributed by atoms with van der Waals surface area (Å²) in [6, 6.07) is 8.53. The Kier molecular flexibility index (Phi) is 6.50. The third-order valence-corrected chi connectivity index (χ3v) is 3.46. The van der Waals surface area contributed by atoms with Crippen LogP contribution in [0, 0.1) is 0 Å². The standard InChI is InChI=1S/C16H16Cl2N2O3/c1-11(14-4-2-8-22-14)19-20-16(21)5-3-9-23-15-7-6-12(17)10-13(15)18/h2,4,6-8,10H,3,5,9H2,1H3,(H,20,21)/b19-11-. The van der Waals surface area contributed by atoms with Crippen LogP contribution >= 0.6 is 23.2 Å². The zero-order chi connectivity index (χ0) is 16.7. The van der Waals surface area contributed by atoms with Crippen molar-refractivity contribution in [2.24, 2.45) is 5.10 Å². The second-order valence-corrected chi connectivity index (χ2v) is 5.58. The molecule has 1 amide bonds. The Labute approximate surface area is 144 Å². The van der Waals surface area contributed by atoms with Crippen molar-refractivity contribution in [1.29, 1.82) is 0 Å². The smallest absolute Gasteiger partial charge is 0.240 e. The summed E-state index contributed by atoms with van der Waals surface area (Å²) in [4.78, 5) is 11.7. The fourth-order valence-corrected chi connectivity index (χ4v) is 2.21. The van der Waals surface area contributed by atoms with Gasteiger partial charge in [0.25, 0.3) is 0 Å². The van der Waals surface area contributed by atoms with E-state index in [1.54, 1.807) is 43.5 Å². The number of amides is 1. The molecule has 122 valence electrons. The molecular weight excluding hydrogens is 339 g/mol. The van der Waals surface area contributed by atoms with E-state index >= 15 is 0 Å². The van der Waals surface area contributed by atoms with E-state index in [1.807, 2.05) is 0 Å². The molecule has 0 aliphatic carbocycles. The van der Waals surface area contributed by atoms with Crippen LogP contribution in [0.4, 0.5) is 0 Å². The highest BCUT2D eigenvalue weighted by molar-refractivity contribution is 6.35. The molecule has 23 heavy (non-hydrogen) atoms. The first-order chi connectivity index (χ1) is 11.1. The topological polar surface area (TPSA) is 63.8 Å². The van der Waals surface area contributed by atoms with E-state index in [2.05, 4.69) is 10.5 Å². The number of hydrazone groups is 1.